The van der Waals surface area contributed by atoms with E-state index in [9.17, 15) is 13.2 Å². The molecule has 5 heteroatoms. The fourth-order valence-electron chi connectivity index (χ4n) is 1.03. The van der Waals surface area contributed by atoms with Gasteiger partial charge in [0.25, 0.3) is 0 Å². The van der Waals surface area contributed by atoms with E-state index in [0.29, 0.717) is 26.1 Å². The molecule has 0 radical (unpaired) electrons. The molecule has 2 nitrogen and oxygen atoms in total. The number of aliphatic hydroxyl groups excluding tert-OH is 1. The van der Waals surface area contributed by atoms with Gasteiger partial charge in [-0.2, -0.15) is 13.2 Å². The van der Waals surface area contributed by atoms with Crippen molar-refractivity contribution in [2.24, 2.45) is 0 Å². The Bertz CT molecular complexity index is 137. The Morgan fingerprint density at radius 2 is 1.86 bits per heavy atom. The number of rotatable bonds is 7. The molecule has 0 aromatic carbocycles. The van der Waals surface area contributed by atoms with Crippen LogP contribution in [0, 0.1) is 0 Å². The number of hydrogen-bond acceptors (Lipinski definition) is 2. The summed E-state index contributed by atoms with van der Waals surface area (Å²) in [6.07, 6.45) is -5.07. The number of alkyl halides is 3. The quantitative estimate of drug-likeness (QED) is 0.660. The predicted octanol–water partition coefficient (Wildman–Crippen LogP) is 2.51. The third-order valence-electron chi connectivity index (χ3n) is 1.85. The Labute approximate surface area is 82.1 Å². The summed E-state index contributed by atoms with van der Waals surface area (Å²) in [5, 5.41) is 8.63. The lowest BCUT2D eigenvalue weighted by molar-refractivity contribution is -0.205. The first kappa shape index (κ1) is 13.7. The van der Waals surface area contributed by atoms with Crippen LogP contribution in [0.4, 0.5) is 13.2 Å². The topological polar surface area (TPSA) is 29.5 Å². The molecule has 0 unspecified atom stereocenters. The maximum absolute atomic E-state index is 11.8. The van der Waals surface area contributed by atoms with Crippen LogP contribution in [0.25, 0.3) is 0 Å². The van der Waals surface area contributed by atoms with Gasteiger partial charge in [0.2, 0.25) is 0 Å². The zero-order chi connectivity index (χ0) is 11.0. The average molecular weight is 214 g/mol. The van der Waals surface area contributed by atoms with Gasteiger partial charge < -0.3 is 9.84 Å². The normalized spacial score (nSPS) is 14.4. The third kappa shape index (κ3) is 7.15. The van der Waals surface area contributed by atoms with Crippen LogP contribution in [-0.4, -0.2) is 30.6 Å². The van der Waals surface area contributed by atoms with Crippen molar-refractivity contribution in [3.8, 4) is 0 Å². The van der Waals surface area contributed by atoms with Crippen LogP contribution < -0.4 is 0 Å². The first-order chi connectivity index (χ1) is 6.48. The lowest BCUT2D eigenvalue weighted by Crippen LogP contribution is -2.28. The van der Waals surface area contributed by atoms with Gasteiger partial charge in [-0.1, -0.05) is 12.8 Å². The summed E-state index contributed by atoms with van der Waals surface area (Å²) < 4.78 is 40.4. The van der Waals surface area contributed by atoms with Gasteiger partial charge >= 0.3 is 6.18 Å². The van der Waals surface area contributed by atoms with E-state index in [2.05, 4.69) is 0 Å². The minimum atomic E-state index is -4.47. The molecule has 1 atom stereocenters. The summed E-state index contributed by atoms with van der Waals surface area (Å²) in [6, 6.07) is 0. The van der Waals surface area contributed by atoms with E-state index in [-0.39, 0.29) is 6.42 Å². The lowest BCUT2D eigenvalue weighted by atomic mass is 10.1. The smallest absolute Gasteiger partial charge is 0.384 e. The molecular weight excluding hydrogens is 197 g/mol. The minimum Gasteiger partial charge on any atom is -0.384 e. The summed E-state index contributed by atoms with van der Waals surface area (Å²) in [4.78, 5) is 0. The van der Waals surface area contributed by atoms with Gasteiger partial charge in [0.05, 0.1) is 0 Å². The number of halogens is 3. The molecule has 0 aliphatic heterocycles. The second kappa shape index (κ2) is 7.06. The van der Waals surface area contributed by atoms with Gasteiger partial charge in [-0.25, -0.2) is 0 Å². The maximum Gasteiger partial charge on any atom is 0.414 e. The van der Waals surface area contributed by atoms with Crippen molar-refractivity contribution < 1.29 is 23.0 Å². The molecule has 0 spiro atoms. The third-order valence-corrected chi connectivity index (χ3v) is 1.85. The molecule has 0 saturated carbocycles. The van der Waals surface area contributed by atoms with Crippen molar-refractivity contribution in [2.45, 2.75) is 44.9 Å². The Balaban J connectivity index is 3.28. The van der Waals surface area contributed by atoms with Gasteiger partial charge in [0, 0.05) is 13.2 Å². The van der Waals surface area contributed by atoms with E-state index in [4.69, 9.17) is 9.84 Å². The van der Waals surface area contributed by atoms with E-state index < -0.39 is 12.3 Å². The zero-order valence-electron chi connectivity index (χ0n) is 8.31. The second-order valence-electron chi connectivity index (χ2n) is 3.10. The Hall–Kier alpha value is -0.290. The molecule has 0 heterocycles. The van der Waals surface area contributed by atoms with Crippen LogP contribution in [0.1, 0.15) is 32.6 Å². The number of hydrogen-bond donors (Lipinski definition) is 1. The predicted molar refractivity (Wildman–Crippen MR) is 47.0 cm³/mol. The largest absolute Gasteiger partial charge is 0.414 e. The molecule has 0 aliphatic carbocycles. The summed E-state index contributed by atoms with van der Waals surface area (Å²) in [7, 11) is 0. The van der Waals surface area contributed by atoms with Gasteiger partial charge in [-0.05, 0) is 19.8 Å². The van der Waals surface area contributed by atoms with E-state index in [0.717, 1.165) is 6.42 Å². The minimum absolute atomic E-state index is 0.213. The van der Waals surface area contributed by atoms with E-state index in [1.807, 2.05) is 6.92 Å². The number of aliphatic hydroxyl groups is 1. The molecule has 0 amide bonds. The monoisotopic (exact) mass is 214 g/mol. The average Bonchev–Trinajstić information content (AvgIpc) is 2.09. The lowest BCUT2D eigenvalue weighted by Gasteiger charge is -2.13. The molecule has 0 aromatic heterocycles. The van der Waals surface area contributed by atoms with Crippen molar-refractivity contribution in [3.05, 3.63) is 0 Å². The van der Waals surface area contributed by atoms with E-state index in [1.165, 1.54) is 0 Å². The van der Waals surface area contributed by atoms with Gasteiger partial charge in [-0.15, -0.1) is 0 Å². The van der Waals surface area contributed by atoms with Crippen molar-refractivity contribution in [3.63, 3.8) is 0 Å². The van der Waals surface area contributed by atoms with Crippen molar-refractivity contribution >= 4 is 0 Å². The highest BCUT2D eigenvalue weighted by Gasteiger charge is 2.37. The highest BCUT2D eigenvalue weighted by molar-refractivity contribution is 4.64. The SMILES string of the molecule is CCOCCCCC[C@@H](O)C(F)(F)F. The molecule has 14 heavy (non-hydrogen) atoms. The number of ether oxygens (including phenoxy) is 1. The molecule has 0 rings (SSSR count). The van der Waals surface area contributed by atoms with E-state index in [1.54, 1.807) is 0 Å². The maximum atomic E-state index is 11.8. The van der Waals surface area contributed by atoms with Crippen LogP contribution in [-0.2, 0) is 4.74 Å². The van der Waals surface area contributed by atoms with Gasteiger partial charge in [0.1, 0.15) is 6.10 Å². The molecule has 0 saturated heterocycles. The zero-order valence-corrected chi connectivity index (χ0v) is 8.31. The molecule has 0 aliphatic rings. The Morgan fingerprint density at radius 3 is 2.36 bits per heavy atom. The molecule has 0 fully saturated rings. The highest BCUT2D eigenvalue weighted by atomic mass is 19.4. The first-order valence-corrected chi connectivity index (χ1v) is 4.81. The fraction of sp³-hybridized carbons (Fsp3) is 1.00. The molecule has 0 bridgehead atoms. The Kier molecular flexibility index (Phi) is 6.92. The molecular formula is C9H17F3O2. The van der Waals surface area contributed by atoms with Crippen LogP contribution >= 0.6 is 0 Å². The highest BCUT2D eigenvalue weighted by Crippen LogP contribution is 2.23. The molecule has 1 N–H and O–H groups in total. The van der Waals surface area contributed by atoms with Crippen LogP contribution in [0.15, 0.2) is 0 Å². The summed E-state index contributed by atoms with van der Waals surface area (Å²) in [6.45, 7) is 3.08. The van der Waals surface area contributed by atoms with Crippen molar-refractivity contribution in [2.75, 3.05) is 13.2 Å². The standard InChI is InChI=1S/C9H17F3O2/c1-2-14-7-5-3-4-6-8(13)9(10,11)12/h8,13H,2-7H2,1H3/t8-/m1/s1. The van der Waals surface area contributed by atoms with Crippen LogP contribution in [0.3, 0.4) is 0 Å². The van der Waals surface area contributed by atoms with Gasteiger partial charge in [0.15, 0.2) is 0 Å². The summed E-state index contributed by atoms with van der Waals surface area (Å²) >= 11 is 0. The van der Waals surface area contributed by atoms with Crippen molar-refractivity contribution in [1.29, 1.82) is 0 Å². The van der Waals surface area contributed by atoms with Gasteiger partial charge in [-0.3, -0.25) is 0 Å². The summed E-state index contributed by atoms with van der Waals surface area (Å²) in [5.41, 5.74) is 0. The van der Waals surface area contributed by atoms with E-state index >= 15 is 0 Å². The first-order valence-electron chi connectivity index (χ1n) is 4.81. The molecule has 0 aromatic rings. The molecule has 86 valence electrons. The van der Waals surface area contributed by atoms with Crippen molar-refractivity contribution in [1.82, 2.24) is 0 Å². The van der Waals surface area contributed by atoms with Crippen LogP contribution in [0.5, 0.6) is 0 Å². The summed E-state index contributed by atoms with van der Waals surface area (Å²) in [5.74, 6) is 0. The Morgan fingerprint density at radius 1 is 1.21 bits per heavy atom. The van der Waals surface area contributed by atoms with Crippen LogP contribution in [0.2, 0.25) is 0 Å². The number of unbranched alkanes of at least 4 members (excludes halogenated alkanes) is 2. The second-order valence-corrected chi connectivity index (χ2v) is 3.10. The fourth-order valence-corrected chi connectivity index (χ4v) is 1.03.